The topological polar surface area (TPSA) is 105 Å². The highest BCUT2D eigenvalue weighted by Crippen LogP contribution is 2.34. The monoisotopic (exact) mass is 652 g/mol. The number of nitrogens with one attached hydrogen (secondary N) is 1. The first kappa shape index (κ1) is 35.7. The van der Waals surface area contributed by atoms with Crippen molar-refractivity contribution in [2.75, 3.05) is 20.6 Å². The van der Waals surface area contributed by atoms with Gasteiger partial charge >= 0.3 is 12.1 Å². The van der Waals surface area contributed by atoms with Crippen LogP contribution in [0.4, 0.5) is 17.6 Å². The fourth-order valence-corrected chi connectivity index (χ4v) is 5.53. The summed E-state index contributed by atoms with van der Waals surface area (Å²) in [5.41, 5.74) is 0.245. The Morgan fingerprint density at radius 2 is 1.71 bits per heavy atom. The summed E-state index contributed by atoms with van der Waals surface area (Å²) >= 11 is 6.34. The number of hydrogen-bond acceptors (Lipinski definition) is 5. The van der Waals surface area contributed by atoms with Gasteiger partial charge in [-0.25, -0.2) is 9.37 Å². The molecule has 0 saturated carbocycles. The van der Waals surface area contributed by atoms with E-state index in [9.17, 15) is 37.1 Å². The number of carbonyl (C=O) groups is 2. The van der Waals surface area contributed by atoms with E-state index < -0.39 is 53.5 Å². The number of aliphatic carboxylic acids is 1. The lowest BCUT2D eigenvalue weighted by atomic mass is 9.94. The Morgan fingerprint density at radius 3 is 2.24 bits per heavy atom. The Hall–Kier alpha value is -3.77. The number of rotatable bonds is 12. The molecule has 1 aromatic carbocycles. The molecular formula is C32H37ClF4N4O4. The molecule has 0 radical (unpaired) electrons. The Balaban J connectivity index is 2.10. The lowest BCUT2D eigenvalue weighted by molar-refractivity contribution is -0.139. The van der Waals surface area contributed by atoms with E-state index in [2.05, 4.69) is 10.3 Å². The average molecular weight is 653 g/mol. The smallest absolute Gasteiger partial charge is 0.416 e. The first-order valence-corrected chi connectivity index (χ1v) is 14.7. The number of carbonyl (C=O) groups excluding carboxylic acids is 1. The van der Waals surface area contributed by atoms with E-state index in [1.807, 2.05) is 0 Å². The van der Waals surface area contributed by atoms with Gasteiger partial charge in [-0.3, -0.25) is 14.4 Å². The molecule has 244 valence electrons. The number of benzene rings is 1. The van der Waals surface area contributed by atoms with Gasteiger partial charge in [0.05, 0.1) is 23.7 Å². The van der Waals surface area contributed by atoms with Crippen LogP contribution in [0.1, 0.15) is 66.7 Å². The molecule has 0 fully saturated rings. The number of pyridine rings is 2. The van der Waals surface area contributed by atoms with E-state index in [1.54, 1.807) is 52.8 Å². The maximum absolute atomic E-state index is 14.0. The van der Waals surface area contributed by atoms with Crippen LogP contribution in [0.3, 0.4) is 0 Å². The minimum absolute atomic E-state index is 0.00140. The van der Waals surface area contributed by atoms with E-state index in [-0.39, 0.29) is 41.7 Å². The van der Waals surface area contributed by atoms with E-state index in [0.29, 0.717) is 28.3 Å². The number of carboxylic acids is 1. The molecule has 0 unspecified atom stereocenters. The molecule has 0 spiro atoms. The van der Waals surface area contributed by atoms with Gasteiger partial charge in [-0.2, -0.15) is 13.2 Å². The summed E-state index contributed by atoms with van der Waals surface area (Å²) in [4.78, 5) is 44.8. The van der Waals surface area contributed by atoms with Crippen LogP contribution in [-0.4, -0.2) is 52.1 Å². The second-order valence-corrected chi connectivity index (χ2v) is 12.2. The summed E-state index contributed by atoms with van der Waals surface area (Å²) in [6.07, 6.45) is -4.27. The Bertz CT molecular complexity index is 1600. The molecule has 0 saturated heterocycles. The van der Waals surface area contributed by atoms with Crippen LogP contribution >= 0.6 is 11.6 Å². The van der Waals surface area contributed by atoms with Crippen LogP contribution in [0.15, 0.2) is 41.3 Å². The molecule has 2 aromatic heterocycles. The minimum atomic E-state index is -4.78. The second kappa shape index (κ2) is 14.6. The van der Waals surface area contributed by atoms with E-state index in [0.717, 1.165) is 10.8 Å². The molecule has 13 heteroatoms. The fourth-order valence-electron chi connectivity index (χ4n) is 5.31. The third-order valence-electron chi connectivity index (χ3n) is 7.28. The average Bonchev–Trinajstić information content (AvgIpc) is 2.88. The molecule has 2 atom stereocenters. The number of aryl methyl sites for hydroxylation is 2. The van der Waals surface area contributed by atoms with Crippen molar-refractivity contribution in [2.24, 2.45) is 5.92 Å². The Kier molecular flexibility index (Phi) is 11.5. The van der Waals surface area contributed by atoms with E-state index >= 15 is 0 Å². The summed E-state index contributed by atoms with van der Waals surface area (Å²) in [5, 5.41) is 12.4. The molecule has 0 aliphatic carbocycles. The zero-order valence-electron chi connectivity index (χ0n) is 25.9. The number of hydrogen-bond donors (Lipinski definition) is 2. The van der Waals surface area contributed by atoms with E-state index in [4.69, 9.17) is 11.6 Å². The fraction of sp³-hybridized carbons (Fsp3) is 0.438. The molecule has 0 aliphatic rings. The highest BCUT2D eigenvalue weighted by atomic mass is 35.5. The maximum atomic E-state index is 14.0. The van der Waals surface area contributed by atoms with Crippen molar-refractivity contribution >= 4 is 23.5 Å². The number of aromatic nitrogens is 2. The number of likely N-dealkylation sites (N-methyl/N-ethyl adjacent to an activating group) is 1. The van der Waals surface area contributed by atoms with Gasteiger partial charge < -0.3 is 19.9 Å². The zero-order chi connectivity index (χ0) is 33.8. The normalized spacial score (nSPS) is 13.3. The number of halogens is 5. The van der Waals surface area contributed by atoms with Gasteiger partial charge in [-0.05, 0) is 98.8 Å². The van der Waals surface area contributed by atoms with Gasteiger partial charge in [0.25, 0.3) is 5.56 Å². The summed E-state index contributed by atoms with van der Waals surface area (Å²) < 4.78 is 56.5. The standard InChI is InChI=1S/C32H37ClF4N4O4/c1-17(2)9-26(41-16-20(7-8-40(5)6)23(14-28(41)42)32(35,36)37)31(45)39-25(15-29(43)44)24-12-21(13-27(33)38-24)30-18(3)10-22(34)11-19(30)4/h10-14,16-17,25-26H,7-9,15H2,1-6H3,(H,39,45)(H,43,44)/t25-,26-/m0/s1. The quantitative estimate of drug-likeness (QED) is 0.174. The predicted molar refractivity (Wildman–Crippen MR) is 164 cm³/mol. The minimum Gasteiger partial charge on any atom is -0.481 e. The van der Waals surface area contributed by atoms with Crippen LogP contribution in [0.25, 0.3) is 11.1 Å². The number of amides is 1. The molecule has 45 heavy (non-hydrogen) atoms. The van der Waals surface area contributed by atoms with Crippen LogP contribution in [0.5, 0.6) is 0 Å². The van der Waals surface area contributed by atoms with Gasteiger partial charge in [0.1, 0.15) is 17.0 Å². The van der Waals surface area contributed by atoms with Gasteiger partial charge in [-0.1, -0.05) is 25.4 Å². The third-order valence-corrected chi connectivity index (χ3v) is 7.48. The largest absolute Gasteiger partial charge is 0.481 e. The number of nitrogens with zero attached hydrogens (tertiary/aromatic N) is 3. The highest BCUT2D eigenvalue weighted by molar-refractivity contribution is 6.29. The summed E-state index contributed by atoms with van der Waals surface area (Å²) in [5.74, 6) is -2.63. The van der Waals surface area contributed by atoms with Crippen molar-refractivity contribution in [3.8, 4) is 11.1 Å². The van der Waals surface area contributed by atoms with Crippen LogP contribution in [0.2, 0.25) is 5.15 Å². The molecule has 0 aliphatic heterocycles. The molecular weight excluding hydrogens is 616 g/mol. The van der Waals surface area contributed by atoms with Crippen molar-refractivity contribution in [3.05, 3.63) is 85.8 Å². The van der Waals surface area contributed by atoms with Gasteiger partial charge in [0, 0.05) is 18.8 Å². The Labute approximate surface area is 264 Å². The lowest BCUT2D eigenvalue weighted by Crippen LogP contribution is -2.41. The molecule has 2 N–H and O–H groups in total. The second-order valence-electron chi connectivity index (χ2n) is 11.8. The van der Waals surface area contributed by atoms with Crippen molar-refractivity contribution < 1.29 is 32.3 Å². The van der Waals surface area contributed by atoms with E-state index in [1.165, 1.54) is 18.2 Å². The molecule has 3 aromatic rings. The summed E-state index contributed by atoms with van der Waals surface area (Å²) in [6.45, 7) is 7.26. The third kappa shape index (κ3) is 9.37. The van der Waals surface area contributed by atoms with Gasteiger partial charge in [0.15, 0.2) is 0 Å². The van der Waals surface area contributed by atoms with Crippen molar-refractivity contribution in [3.63, 3.8) is 0 Å². The SMILES string of the molecule is Cc1cc(F)cc(C)c1-c1cc(Cl)nc([C@H](CC(=O)O)NC(=O)[C@H](CC(C)C)n2cc(CCN(C)C)c(C(F)(F)F)cc2=O)c1. The first-order chi connectivity index (χ1) is 20.9. The van der Waals surface area contributed by atoms with Crippen LogP contribution < -0.4 is 10.9 Å². The maximum Gasteiger partial charge on any atom is 0.416 e. The molecule has 0 bridgehead atoms. The first-order valence-electron chi connectivity index (χ1n) is 14.3. The molecule has 3 rings (SSSR count). The van der Waals surface area contributed by atoms with Crippen LogP contribution in [-0.2, 0) is 22.2 Å². The molecule has 8 nitrogen and oxygen atoms in total. The zero-order valence-corrected chi connectivity index (χ0v) is 26.7. The molecule has 2 heterocycles. The van der Waals surface area contributed by atoms with Crippen molar-refractivity contribution in [2.45, 2.75) is 65.2 Å². The summed E-state index contributed by atoms with van der Waals surface area (Å²) in [6, 6.07) is 3.80. The van der Waals surface area contributed by atoms with Gasteiger partial charge in [0.2, 0.25) is 5.91 Å². The van der Waals surface area contributed by atoms with Crippen molar-refractivity contribution in [1.29, 1.82) is 0 Å². The van der Waals surface area contributed by atoms with Crippen LogP contribution in [0, 0.1) is 25.6 Å². The Morgan fingerprint density at radius 1 is 1.09 bits per heavy atom. The number of alkyl halides is 3. The predicted octanol–water partition coefficient (Wildman–Crippen LogP) is 6.36. The highest BCUT2D eigenvalue weighted by Gasteiger charge is 2.36. The lowest BCUT2D eigenvalue weighted by Gasteiger charge is -2.26. The summed E-state index contributed by atoms with van der Waals surface area (Å²) in [7, 11) is 3.41. The van der Waals surface area contributed by atoms with Gasteiger partial charge in [-0.15, -0.1) is 0 Å². The molecule has 1 amide bonds. The number of carboxylic acid groups (broad SMARTS) is 1. The van der Waals surface area contributed by atoms with Crippen molar-refractivity contribution in [1.82, 2.24) is 19.8 Å².